The summed E-state index contributed by atoms with van der Waals surface area (Å²) in [6.07, 6.45) is 2.29. The number of nitrogens with one attached hydrogen (secondary N) is 1. The number of rotatable bonds is 0. The molecule has 0 amide bonds. The van der Waals surface area contributed by atoms with Crippen LogP contribution in [-0.2, 0) is 6.42 Å². The maximum absolute atomic E-state index is 5.31. The van der Waals surface area contributed by atoms with Gasteiger partial charge in [0.05, 0.1) is 0 Å². The van der Waals surface area contributed by atoms with Crippen molar-refractivity contribution in [2.24, 2.45) is 0 Å². The molecule has 0 bridgehead atoms. The van der Waals surface area contributed by atoms with Crippen molar-refractivity contribution in [3.05, 3.63) is 35.4 Å². The lowest BCUT2D eigenvalue weighted by molar-refractivity contribution is 0.620. The Bertz CT molecular complexity index is 333. The van der Waals surface area contributed by atoms with Crippen LogP contribution in [0.5, 0.6) is 0 Å². The molecular weight excluding hydrogens is 178 g/mol. The number of aryl methyl sites for hydroxylation is 1. The second kappa shape index (κ2) is 3.46. The van der Waals surface area contributed by atoms with Crippen molar-refractivity contribution in [2.75, 3.05) is 0 Å². The van der Waals surface area contributed by atoms with Gasteiger partial charge in [0.2, 0.25) is 0 Å². The van der Waals surface area contributed by atoms with Crippen molar-refractivity contribution >= 4 is 17.2 Å². The lowest BCUT2D eigenvalue weighted by Crippen LogP contribution is -2.29. The maximum Gasteiger partial charge on any atom is 0.107 e. The molecule has 0 saturated heterocycles. The molecule has 1 aliphatic heterocycles. The number of benzene rings is 1. The molecule has 0 unspecified atom stereocenters. The first-order valence-electron chi connectivity index (χ1n) is 4.66. The van der Waals surface area contributed by atoms with E-state index in [1.165, 1.54) is 11.1 Å². The fourth-order valence-corrected chi connectivity index (χ4v) is 2.11. The van der Waals surface area contributed by atoms with Gasteiger partial charge < -0.3 is 5.32 Å². The molecule has 1 aromatic carbocycles. The second-order valence-corrected chi connectivity index (χ2v) is 3.98. The van der Waals surface area contributed by atoms with E-state index >= 15 is 0 Å². The van der Waals surface area contributed by atoms with Crippen LogP contribution in [-0.4, -0.2) is 11.0 Å². The Morgan fingerprint density at radius 3 is 3.00 bits per heavy atom. The molecule has 1 aromatic rings. The lowest BCUT2D eigenvalue weighted by Gasteiger charge is -2.10. The minimum Gasteiger partial charge on any atom is -0.373 e. The zero-order valence-corrected chi connectivity index (χ0v) is 8.53. The van der Waals surface area contributed by atoms with Gasteiger partial charge >= 0.3 is 0 Å². The summed E-state index contributed by atoms with van der Waals surface area (Å²) in [6, 6.07) is 8.89. The Morgan fingerprint density at radius 1 is 1.38 bits per heavy atom. The Labute approximate surface area is 84.2 Å². The van der Waals surface area contributed by atoms with E-state index in [2.05, 4.69) is 30.4 Å². The van der Waals surface area contributed by atoms with E-state index in [0.717, 1.165) is 17.8 Å². The zero-order chi connectivity index (χ0) is 9.26. The van der Waals surface area contributed by atoms with Gasteiger partial charge in [-0.15, -0.1) is 0 Å². The molecule has 0 fully saturated rings. The van der Waals surface area contributed by atoms with Gasteiger partial charge in [-0.2, -0.15) is 0 Å². The van der Waals surface area contributed by atoms with E-state index in [0.29, 0.717) is 6.04 Å². The largest absolute Gasteiger partial charge is 0.373 e. The standard InChI is InChI=1S/C11H13NS/c1-8-6-7-9-4-2-3-5-10(9)11(13)12-8/h2-5,8H,6-7H2,1H3,(H,12,13)/t8-/m1/s1. The predicted molar refractivity (Wildman–Crippen MR) is 59.1 cm³/mol. The number of hydrogen-bond acceptors (Lipinski definition) is 1. The highest BCUT2D eigenvalue weighted by atomic mass is 32.1. The Balaban J connectivity index is 2.40. The van der Waals surface area contributed by atoms with Gasteiger partial charge in [0.15, 0.2) is 0 Å². The first-order valence-corrected chi connectivity index (χ1v) is 5.07. The molecule has 2 heteroatoms. The first-order chi connectivity index (χ1) is 6.27. The number of fused-ring (bicyclic) bond motifs is 1. The van der Waals surface area contributed by atoms with Crippen molar-refractivity contribution in [1.29, 1.82) is 0 Å². The molecule has 0 aliphatic carbocycles. The van der Waals surface area contributed by atoms with Crippen molar-refractivity contribution in [3.63, 3.8) is 0 Å². The molecule has 1 atom stereocenters. The van der Waals surface area contributed by atoms with Crippen LogP contribution in [0, 0.1) is 0 Å². The fraction of sp³-hybridized carbons (Fsp3) is 0.364. The average Bonchev–Trinajstić information content (AvgIpc) is 2.27. The third kappa shape index (κ3) is 1.73. The normalized spacial score (nSPS) is 21.6. The van der Waals surface area contributed by atoms with Gasteiger partial charge in [-0.25, -0.2) is 0 Å². The van der Waals surface area contributed by atoms with Gasteiger partial charge in [-0.05, 0) is 25.3 Å². The van der Waals surface area contributed by atoms with E-state index in [-0.39, 0.29) is 0 Å². The van der Waals surface area contributed by atoms with E-state index < -0.39 is 0 Å². The summed E-state index contributed by atoms with van der Waals surface area (Å²) < 4.78 is 0. The lowest BCUT2D eigenvalue weighted by atomic mass is 10.0. The molecular formula is C11H13NS. The summed E-state index contributed by atoms with van der Waals surface area (Å²) in [5.41, 5.74) is 2.59. The van der Waals surface area contributed by atoms with Gasteiger partial charge in [-0.1, -0.05) is 36.5 Å². The van der Waals surface area contributed by atoms with E-state index in [4.69, 9.17) is 12.2 Å². The van der Waals surface area contributed by atoms with Gasteiger partial charge in [0, 0.05) is 11.6 Å². The maximum atomic E-state index is 5.31. The molecule has 0 aromatic heterocycles. The van der Waals surface area contributed by atoms with Crippen LogP contribution in [0.3, 0.4) is 0 Å². The molecule has 1 nitrogen and oxygen atoms in total. The summed E-state index contributed by atoms with van der Waals surface area (Å²) in [6.45, 7) is 2.18. The Hall–Kier alpha value is -0.890. The highest BCUT2D eigenvalue weighted by Crippen LogP contribution is 2.16. The van der Waals surface area contributed by atoms with Crippen LogP contribution in [0.2, 0.25) is 0 Å². The molecule has 0 radical (unpaired) electrons. The van der Waals surface area contributed by atoms with Gasteiger partial charge in [0.1, 0.15) is 4.99 Å². The summed E-state index contributed by atoms with van der Waals surface area (Å²) in [7, 11) is 0. The van der Waals surface area contributed by atoms with Crippen LogP contribution in [0.15, 0.2) is 24.3 Å². The molecule has 0 saturated carbocycles. The minimum absolute atomic E-state index is 0.500. The summed E-state index contributed by atoms with van der Waals surface area (Å²) in [4.78, 5) is 0.903. The Kier molecular flexibility index (Phi) is 2.32. The predicted octanol–water partition coefficient (Wildman–Crippen LogP) is 2.29. The third-order valence-electron chi connectivity index (χ3n) is 2.49. The second-order valence-electron chi connectivity index (χ2n) is 3.57. The SMILES string of the molecule is C[C@@H]1CCc2ccccc2C(=S)N1. The topological polar surface area (TPSA) is 12.0 Å². The van der Waals surface area contributed by atoms with Crippen molar-refractivity contribution in [2.45, 2.75) is 25.8 Å². The quantitative estimate of drug-likeness (QED) is 0.631. The van der Waals surface area contributed by atoms with E-state index in [1.807, 2.05) is 6.07 Å². The van der Waals surface area contributed by atoms with Gasteiger partial charge in [0.25, 0.3) is 0 Å². The minimum atomic E-state index is 0.500. The van der Waals surface area contributed by atoms with Crippen molar-refractivity contribution < 1.29 is 0 Å². The smallest absolute Gasteiger partial charge is 0.107 e. The van der Waals surface area contributed by atoms with Crippen LogP contribution < -0.4 is 5.32 Å². The summed E-state index contributed by atoms with van der Waals surface area (Å²) in [5, 5.41) is 3.33. The van der Waals surface area contributed by atoms with E-state index in [9.17, 15) is 0 Å². The summed E-state index contributed by atoms with van der Waals surface area (Å²) in [5.74, 6) is 0. The van der Waals surface area contributed by atoms with Crippen molar-refractivity contribution in [3.8, 4) is 0 Å². The van der Waals surface area contributed by atoms with E-state index in [1.54, 1.807) is 0 Å². The monoisotopic (exact) mass is 191 g/mol. The molecule has 1 heterocycles. The van der Waals surface area contributed by atoms with Crippen molar-refractivity contribution in [1.82, 2.24) is 5.32 Å². The third-order valence-corrected chi connectivity index (χ3v) is 2.82. The highest BCUT2D eigenvalue weighted by Gasteiger charge is 2.14. The van der Waals surface area contributed by atoms with Crippen LogP contribution in [0.1, 0.15) is 24.5 Å². The Morgan fingerprint density at radius 2 is 2.15 bits per heavy atom. The number of hydrogen-bond donors (Lipinski definition) is 1. The van der Waals surface area contributed by atoms with Crippen LogP contribution >= 0.6 is 12.2 Å². The molecule has 0 spiro atoms. The first kappa shape index (κ1) is 8.70. The van der Waals surface area contributed by atoms with Crippen LogP contribution in [0.4, 0.5) is 0 Å². The molecule has 1 aliphatic rings. The molecule has 13 heavy (non-hydrogen) atoms. The molecule has 68 valence electrons. The van der Waals surface area contributed by atoms with Crippen LogP contribution in [0.25, 0.3) is 0 Å². The summed E-state index contributed by atoms with van der Waals surface area (Å²) >= 11 is 5.31. The number of thiocarbonyl (C=S) groups is 1. The highest BCUT2D eigenvalue weighted by molar-refractivity contribution is 7.80. The molecule has 1 N–H and O–H groups in total. The average molecular weight is 191 g/mol. The fourth-order valence-electron chi connectivity index (χ4n) is 1.71. The zero-order valence-electron chi connectivity index (χ0n) is 7.71. The van der Waals surface area contributed by atoms with Gasteiger partial charge in [-0.3, -0.25) is 0 Å². The molecule has 2 rings (SSSR count).